The van der Waals surface area contributed by atoms with Gasteiger partial charge in [-0.05, 0) is 49.1 Å². The van der Waals surface area contributed by atoms with E-state index in [0.717, 1.165) is 44.6 Å². The lowest BCUT2D eigenvalue weighted by Gasteiger charge is -2.17. The summed E-state index contributed by atoms with van der Waals surface area (Å²) < 4.78 is 7.80. The predicted molar refractivity (Wildman–Crippen MR) is 61.4 cm³/mol. The van der Waals surface area contributed by atoms with Gasteiger partial charge in [-0.1, -0.05) is 0 Å². The summed E-state index contributed by atoms with van der Waals surface area (Å²) in [7, 11) is 0. The molecule has 3 heterocycles. The number of hydrogen-bond donors (Lipinski definition) is 1. The standard InChI is InChI=1S/C11H19N5O/c12-5-1-2-6-16-11(13-14-15-16)9-7-8-3-4-10(9)17-8/h8-10H,1-7,12H2. The fourth-order valence-corrected chi connectivity index (χ4v) is 2.95. The van der Waals surface area contributed by atoms with Crippen LogP contribution in [-0.4, -0.2) is 39.0 Å². The van der Waals surface area contributed by atoms with Crippen LogP contribution in [0.2, 0.25) is 0 Å². The SMILES string of the molecule is NCCCCn1nnnc1C1CC2CCC1O2. The van der Waals surface area contributed by atoms with Crippen molar-refractivity contribution < 1.29 is 4.74 Å². The van der Waals surface area contributed by atoms with Gasteiger partial charge in [0.2, 0.25) is 0 Å². The molecule has 0 radical (unpaired) electrons. The fourth-order valence-electron chi connectivity index (χ4n) is 2.95. The third-order valence-corrected chi connectivity index (χ3v) is 3.82. The van der Waals surface area contributed by atoms with E-state index >= 15 is 0 Å². The summed E-state index contributed by atoms with van der Waals surface area (Å²) in [5, 5.41) is 12.1. The molecular weight excluding hydrogens is 218 g/mol. The highest BCUT2D eigenvalue weighted by atomic mass is 16.5. The highest BCUT2D eigenvalue weighted by molar-refractivity contribution is 5.06. The smallest absolute Gasteiger partial charge is 0.157 e. The van der Waals surface area contributed by atoms with Crippen molar-refractivity contribution in [3.63, 3.8) is 0 Å². The molecule has 2 aliphatic rings. The Kier molecular flexibility index (Phi) is 3.07. The van der Waals surface area contributed by atoms with Crippen molar-refractivity contribution in [2.45, 2.75) is 56.8 Å². The van der Waals surface area contributed by atoms with E-state index in [9.17, 15) is 0 Å². The summed E-state index contributed by atoms with van der Waals surface area (Å²) in [5.74, 6) is 1.41. The molecule has 0 saturated carbocycles. The molecule has 2 saturated heterocycles. The summed E-state index contributed by atoms with van der Waals surface area (Å²) in [6.45, 7) is 1.60. The van der Waals surface area contributed by atoms with Crippen molar-refractivity contribution in [1.82, 2.24) is 20.2 Å². The highest BCUT2D eigenvalue weighted by Crippen LogP contribution is 2.43. The van der Waals surface area contributed by atoms with Gasteiger partial charge >= 0.3 is 0 Å². The van der Waals surface area contributed by atoms with Crippen molar-refractivity contribution in [1.29, 1.82) is 0 Å². The second-order valence-corrected chi connectivity index (χ2v) is 4.97. The average Bonchev–Trinajstić information content (AvgIpc) is 3.04. The molecule has 0 aromatic carbocycles. The Morgan fingerprint density at radius 1 is 1.35 bits per heavy atom. The van der Waals surface area contributed by atoms with E-state index in [-0.39, 0.29) is 0 Å². The van der Waals surface area contributed by atoms with E-state index < -0.39 is 0 Å². The van der Waals surface area contributed by atoms with Gasteiger partial charge in [0.15, 0.2) is 5.82 Å². The van der Waals surface area contributed by atoms with E-state index in [4.69, 9.17) is 10.5 Å². The lowest BCUT2D eigenvalue weighted by Crippen LogP contribution is -2.20. The third-order valence-electron chi connectivity index (χ3n) is 3.82. The third kappa shape index (κ3) is 2.07. The molecule has 1 aromatic rings. The maximum atomic E-state index is 5.86. The van der Waals surface area contributed by atoms with E-state index in [0.29, 0.717) is 18.1 Å². The monoisotopic (exact) mass is 237 g/mol. The van der Waals surface area contributed by atoms with E-state index in [1.807, 2.05) is 4.68 Å². The van der Waals surface area contributed by atoms with Crippen LogP contribution in [0.15, 0.2) is 0 Å². The zero-order valence-electron chi connectivity index (χ0n) is 9.96. The van der Waals surface area contributed by atoms with E-state index in [1.54, 1.807) is 0 Å². The number of fused-ring (bicyclic) bond motifs is 2. The number of nitrogens with zero attached hydrogens (tertiary/aromatic N) is 4. The fraction of sp³-hybridized carbons (Fsp3) is 0.909. The molecule has 0 spiro atoms. The molecule has 3 atom stereocenters. The molecule has 1 aromatic heterocycles. The van der Waals surface area contributed by atoms with Gasteiger partial charge in [0.05, 0.1) is 12.2 Å². The van der Waals surface area contributed by atoms with Gasteiger partial charge in [-0.3, -0.25) is 0 Å². The minimum atomic E-state index is 0.347. The number of nitrogens with two attached hydrogens (primary N) is 1. The molecular formula is C11H19N5O. The summed E-state index contributed by atoms with van der Waals surface area (Å²) in [4.78, 5) is 0. The minimum absolute atomic E-state index is 0.347. The Hall–Kier alpha value is -1.01. The first-order valence-electron chi connectivity index (χ1n) is 6.50. The van der Waals surface area contributed by atoms with Crippen LogP contribution in [-0.2, 0) is 11.3 Å². The molecule has 2 fully saturated rings. The Morgan fingerprint density at radius 3 is 3.00 bits per heavy atom. The van der Waals surface area contributed by atoms with Crippen LogP contribution in [0.4, 0.5) is 0 Å². The van der Waals surface area contributed by atoms with Crippen molar-refractivity contribution in [3.8, 4) is 0 Å². The molecule has 6 heteroatoms. The second-order valence-electron chi connectivity index (χ2n) is 4.97. The van der Waals surface area contributed by atoms with Gasteiger partial charge in [0.1, 0.15) is 0 Å². The summed E-state index contributed by atoms with van der Waals surface area (Å²) in [5.41, 5.74) is 5.50. The molecule has 2 N–H and O–H groups in total. The molecule has 17 heavy (non-hydrogen) atoms. The molecule has 3 unspecified atom stereocenters. The molecule has 2 bridgehead atoms. The number of hydrogen-bond acceptors (Lipinski definition) is 5. The summed E-state index contributed by atoms with van der Waals surface area (Å²) in [6, 6.07) is 0. The first-order chi connectivity index (χ1) is 8.38. The van der Waals surface area contributed by atoms with Crippen molar-refractivity contribution in [2.24, 2.45) is 5.73 Å². The Morgan fingerprint density at radius 2 is 2.29 bits per heavy atom. The number of rotatable bonds is 5. The summed E-state index contributed by atoms with van der Waals surface area (Å²) >= 11 is 0. The van der Waals surface area contributed by atoms with E-state index in [1.165, 1.54) is 6.42 Å². The molecule has 94 valence electrons. The van der Waals surface area contributed by atoms with Gasteiger partial charge in [-0.2, -0.15) is 0 Å². The Bertz CT molecular complexity index is 380. The Labute approximate surface area is 101 Å². The molecule has 0 aliphatic carbocycles. The van der Waals surface area contributed by atoms with Crippen molar-refractivity contribution >= 4 is 0 Å². The van der Waals surface area contributed by atoms with Gasteiger partial charge in [0.25, 0.3) is 0 Å². The van der Waals surface area contributed by atoms with Crippen LogP contribution in [0.3, 0.4) is 0 Å². The maximum absolute atomic E-state index is 5.86. The number of ether oxygens (including phenoxy) is 1. The molecule has 2 aliphatic heterocycles. The van der Waals surface area contributed by atoms with Crippen LogP contribution in [0.5, 0.6) is 0 Å². The van der Waals surface area contributed by atoms with Gasteiger partial charge in [0, 0.05) is 12.5 Å². The average molecular weight is 237 g/mol. The van der Waals surface area contributed by atoms with Gasteiger partial charge in [-0.25, -0.2) is 4.68 Å². The van der Waals surface area contributed by atoms with Gasteiger partial charge < -0.3 is 10.5 Å². The first kappa shape index (κ1) is 11.1. The number of tetrazole rings is 1. The van der Waals surface area contributed by atoms with Crippen LogP contribution in [0, 0.1) is 0 Å². The van der Waals surface area contributed by atoms with Crippen LogP contribution >= 0.6 is 0 Å². The van der Waals surface area contributed by atoms with Crippen LogP contribution < -0.4 is 5.73 Å². The minimum Gasteiger partial charge on any atom is -0.374 e. The van der Waals surface area contributed by atoms with Crippen LogP contribution in [0.25, 0.3) is 0 Å². The number of aryl methyl sites for hydroxylation is 1. The zero-order valence-corrected chi connectivity index (χ0v) is 9.96. The quantitative estimate of drug-likeness (QED) is 0.752. The Balaban J connectivity index is 1.68. The lowest BCUT2D eigenvalue weighted by atomic mass is 9.88. The second kappa shape index (κ2) is 4.70. The lowest BCUT2D eigenvalue weighted by molar-refractivity contribution is 0.0994. The van der Waals surface area contributed by atoms with Crippen LogP contribution in [0.1, 0.15) is 43.8 Å². The first-order valence-corrected chi connectivity index (χ1v) is 6.50. The largest absolute Gasteiger partial charge is 0.374 e. The van der Waals surface area contributed by atoms with E-state index in [2.05, 4.69) is 15.5 Å². The number of aromatic nitrogens is 4. The molecule has 3 rings (SSSR count). The van der Waals surface area contributed by atoms with Crippen molar-refractivity contribution in [2.75, 3.05) is 6.54 Å². The van der Waals surface area contributed by atoms with Crippen molar-refractivity contribution in [3.05, 3.63) is 5.82 Å². The molecule has 6 nitrogen and oxygen atoms in total. The maximum Gasteiger partial charge on any atom is 0.157 e. The van der Waals surface area contributed by atoms with Gasteiger partial charge in [-0.15, -0.1) is 5.10 Å². The highest BCUT2D eigenvalue weighted by Gasteiger charge is 2.43. The zero-order chi connectivity index (χ0) is 11.7. The molecule has 0 amide bonds. The number of unbranched alkanes of at least 4 members (excludes halogenated alkanes) is 1. The predicted octanol–water partition coefficient (Wildman–Crippen LogP) is 0.447. The topological polar surface area (TPSA) is 78.9 Å². The normalized spacial score (nSPS) is 31.2. The summed E-state index contributed by atoms with van der Waals surface area (Å²) in [6.07, 6.45) is 6.30.